The first kappa shape index (κ1) is 28.0. The van der Waals surface area contributed by atoms with Gasteiger partial charge < -0.3 is 28.9 Å². The minimum atomic E-state index is -4.83. The molecule has 3 N–H and O–H groups in total. The Labute approximate surface area is 241 Å². The zero-order valence-corrected chi connectivity index (χ0v) is 24.2. The standard InChI is InChI=1S/C26H36N3O11P/c1-15(2)22(31)39-20-12-13-29(25(33)27-20)24-26(6,34)21(30)19(38-24)14-36-41(35,40-18-10-8-7-9-11-18)28-17(5)23(32)37-16(3)4/h7-13,15-17,19,21,24,30,34H,14H2,1-6H3,(H,28,35)/t17-,19+,21+,24+,26+,41-/m0/s1/i12D,14D2. The van der Waals surface area contributed by atoms with E-state index in [1.54, 1.807) is 19.9 Å². The molecule has 15 heteroatoms. The number of hydrogen-bond donors (Lipinski definition) is 3. The van der Waals surface area contributed by atoms with Gasteiger partial charge in [0.1, 0.15) is 29.6 Å². The monoisotopic (exact) mass is 600 g/mol. The maximum atomic E-state index is 13.9. The molecular weight excluding hydrogens is 561 g/mol. The fourth-order valence-corrected chi connectivity index (χ4v) is 4.83. The predicted octanol–water partition coefficient (Wildman–Crippen LogP) is 1.95. The van der Waals surface area contributed by atoms with Crippen molar-refractivity contribution < 1.29 is 51.7 Å². The zero-order chi connectivity index (χ0) is 33.2. The van der Waals surface area contributed by atoms with Crippen molar-refractivity contribution in [3.63, 3.8) is 0 Å². The molecule has 0 unspecified atom stereocenters. The molecule has 1 aliphatic rings. The van der Waals surface area contributed by atoms with Gasteiger partial charge in [0.2, 0.25) is 5.88 Å². The molecule has 0 saturated carbocycles. The van der Waals surface area contributed by atoms with Crippen molar-refractivity contribution in [2.75, 3.05) is 6.56 Å². The van der Waals surface area contributed by atoms with Gasteiger partial charge in [-0.15, -0.1) is 0 Å². The van der Waals surface area contributed by atoms with Crippen LogP contribution in [0.15, 0.2) is 47.4 Å². The average Bonchev–Trinajstić information content (AvgIpc) is 3.14. The predicted molar refractivity (Wildman–Crippen MR) is 144 cm³/mol. The Bertz CT molecular complexity index is 1460. The highest BCUT2D eigenvalue weighted by Crippen LogP contribution is 2.47. The lowest BCUT2D eigenvalue weighted by atomic mass is 9.96. The largest absolute Gasteiger partial charge is 0.462 e. The number of benzene rings is 1. The van der Waals surface area contributed by atoms with Crippen LogP contribution in [0.4, 0.5) is 0 Å². The molecule has 1 aliphatic heterocycles. The number of carbonyl (C=O) groups is 2. The third-order valence-corrected chi connectivity index (χ3v) is 7.14. The number of nitrogens with zero attached hydrogens (tertiary/aromatic N) is 2. The molecule has 3 rings (SSSR count). The molecular formula is C26H36N3O11P. The zero-order valence-electron chi connectivity index (χ0n) is 26.3. The molecule has 14 nitrogen and oxygen atoms in total. The Morgan fingerprint density at radius 3 is 2.51 bits per heavy atom. The quantitative estimate of drug-likeness (QED) is 0.237. The molecule has 1 fully saturated rings. The highest BCUT2D eigenvalue weighted by molar-refractivity contribution is 7.52. The molecule has 0 radical (unpaired) electrons. The SMILES string of the molecule is [2H]c1cn([C@@H]2O[C@H](C([2H])([2H])O[P@@](=O)(N[C@@H](C)C(=O)OC(C)C)Oc3ccccc3)[C@@H](O)[C@@]2(C)O)c(=O)nc1OC(=O)C(C)C. The number of aliphatic hydroxyl groups is 2. The van der Waals surface area contributed by atoms with Crippen molar-refractivity contribution in [1.29, 1.82) is 0 Å². The second kappa shape index (κ2) is 13.2. The first-order chi connectivity index (χ1) is 20.3. The molecule has 1 aromatic carbocycles. The number of ether oxygens (including phenoxy) is 3. The Morgan fingerprint density at radius 2 is 1.90 bits per heavy atom. The van der Waals surface area contributed by atoms with Crippen LogP contribution in [-0.4, -0.2) is 68.2 Å². The molecule has 0 bridgehead atoms. The molecule has 0 spiro atoms. The molecule has 0 aliphatic carbocycles. The van der Waals surface area contributed by atoms with Gasteiger partial charge in [0.25, 0.3) is 0 Å². The molecule has 226 valence electrons. The van der Waals surface area contributed by atoms with Crippen LogP contribution in [0.3, 0.4) is 0 Å². The van der Waals surface area contributed by atoms with E-state index in [0.29, 0.717) is 4.57 Å². The van der Waals surface area contributed by atoms with Crippen LogP contribution in [-0.2, 0) is 28.2 Å². The van der Waals surface area contributed by atoms with E-state index in [0.717, 1.165) is 13.1 Å². The summed E-state index contributed by atoms with van der Waals surface area (Å²) in [5.74, 6) is -2.82. The van der Waals surface area contributed by atoms with Crippen LogP contribution in [0.2, 0.25) is 0 Å². The van der Waals surface area contributed by atoms with Crippen LogP contribution in [0.5, 0.6) is 11.6 Å². The highest BCUT2D eigenvalue weighted by atomic mass is 31.2. The van der Waals surface area contributed by atoms with E-state index >= 15 is 0 Å². The van der Waals surface area contributed by atoms with Crippen molar-refractivity contribution in [1.82, 2.24) is 14.6 Å². The van der Waals surface area contributed by atoms with Crippen LogP contribution in [0.25, 0.3) is 0 Å². The van der Waals surface area contributed by atoms with Gasteiger partial charge >= 0.3 is 25.4 Å². The number of esters is 2. The van der Waals surface area contributed by atoms with Gasteiger partial charge in [-0.2, -0.15) is 10.1 Å². The lowest BCUT2D eigenvalue weighted by molar-refractivity contribution is -0.149. The second-order valence-electron chi connectivity index (χ2n) is 9.98. The minimum Gasteiger partial charge on any atom is -0.462 e. The number of nitrogens with one attached hydrogen (secondary N) is 1. The van der Waals surface area contributed by atoms with E-state index in [4.69, 9.17) is 27.4 Å². The summed E-state index contributed by atoms with van der Waals surface area (Å²) in [4.78, 5) is 40.7. The third kappa shape index (κ3) is 8.22. The summed E-state index contributed by atoms with van der Waals surface area (Å²) in [7, 11) is -4.83. The first-order valence-corrected chi connectivity index (χ1v) is 14.2. The average molecular weight is 601 g/mol. The molecule has 6 atom stereocenters. The highest BCUT2D eigenvalue weighted by Gasteiger charge is 2.54. The van der Waals surface area contributed by atoms with Gasteiger partial charge in [-0.05, 0) is 39.8 Å². The fraction of sp³-hybridized carbons (Fsp3) is 0.538. The van der Waals surface area contributed by atoms with Gasteiger partial charge in [-0.1, -0.05) is 32.0 Å². The molecule has 1 saturated heterocycles. The maximum Gasteiger partial charge on any atom is 0.459 e. The third-order valence-electron chi connectivity index (χ3n) is 5.64. The van der Waals surface area contributed by atoms with E-state index in [2.05, 4.69) is 10.1 Å². The van der Waals surface area contributed by atoms with Gasteiger partial charge in [0.15, 0.2) is 6.23 Å². The van der Waals surface area contributed by atoms with Crippen LogP contribution >= 0.6 is 7.75 Å². The molecule has 0 amide bonds. The van der Waals surface area contributed by atoms with E-state index < -0.39 is 86.0 Å². The summed E-state index contributed by atoms with van der Waals surface area (Å²) in [5, 5.41) is 24.4. The lowest BCUT2D eigenvalue weighted by Crippen LogP contribution is -2.46. The van der Waals surface area contributed by atoms with Crippen LogP contribution < -0.4 is 20.0 Å². The van der Waals surface area contributed by atoms with Gasteiger partial charge in [-0.25, -0.2) is 9.36 Å². The van der Waals surface area contributed by atoms with Crippen LogP contribution in [0.1, 0.15) is 51.9 Å². The van der Waals surface area contributed by atoms with E-state index in [1.165, 1.54) is 45.0 Å². The van der Waals surface area contributed by atoms with Gasteiger partial charge in [0, 0.05) is 12.2 Å². The molecule has 2 heterocycles. The molecule has 41 heavy (non-hydrogen) atoms. The lowest BCUT2D eigenvalue weighted by Gasteiger charge is -2.27. The summed E-state index contributed by atoms with van der Waals surface area (Å²) in [6.07, 6.45) is -5.77. The van der Waals surface area contributed by atoms with Crippen molar-refractivity contribution >= 4 is 19.7 Å². The summed E-state index contributed by atoms with van der Waals surface area (Å²) in [6, 6.07) is 5.63. The Balaban J connectivity index is 1.93. The van der Waals surface area contributed by atoms with Crippen LogP contribution in [0, 0.1) is 5.92 Å². The summed E-state index contributed by atoms with van der Waals surface area (Å²) in [5.41, 5.74) is -3.56. The number of hydrogen-bond acceptors (Lipinski definition) is 12. The summed E-state index contributed by atoms with van der Waals surface area (Å²) in [6.45, 7) is 5.35. The number of aliphatic hydroxyl groups excluding tert-OH is 1. The normalized spacial score (nSPS) is 26.0. The second-order valence-corrected chi connectivity index (χ2v) is 11.6. The smallest absolute Gasteiger partial charge is 0.459 e. The topological polar surface area (TPSA) is 185 Å². The first-order valence-electron chi connectivity index (χ1n) is 14.2. The fourth-order valence-electron chi connectivity index (χ4n) is 3.47. The molecule has 1 aromatic heterocycles. The summed E-state index contributed by atoms with van der Waals surface area (Å²) < 4.78 is 66.1. The number of aromatic nitrogens is 2. The Hall–Kier alpha value is -3.13. The number of rotatable bonds is 12. The van der Waals surface area contributed by atoms with Crippen molar-refractivity contribution in [3.8, 4) is 11.6 Å². The van der Waals surface area contributed by atoms with E-state index in [-0.39, 0.29) is 5.75 Å². The van der Waals surface area contributed by atoms with E-state index in [9.17, 15) is 29.2 Å². The maximum absolute atomic E-state index is 13.9. The molecule has 2 aromatic rings. The van der Waals surface area contributed by atoms with Gasteiger partial charge in [-0.3, -0.25) is 18.7 Å². The minimum absolute atomic E-state index is 0.0276. The van der Waals surface area contributed by atoms with Crippen molar-refractivity contribution in [2.45, 2.75) is 77.7 Å². The number of carbonyl (C=O) groups excluding carboxylic acids is 2. The van der Waals surface area contributed by atoms with Gasteiger partial charge in [0.05, 0.1) is 22.7 Å². The Morgan fingerprint density at radius 1 is 1.24 bits per heavy atom. The summed E-state index contributed by atoms with van der Waals surface area (Å²) >= 11 is 0. The van der Waals surface area contributed by atoms with Crippen molar-refractivity contribution in [2.24, 2.45) is 5.92 Å². The van der Waals surface area contributed by atoms with E-state index in [1.807, 2.05) is 0 Å². The van der Waals surface area contributed by atoms with Crippen molar-refractivity contribution in [3.05, 3.63) is 53.1 Å². The number of para-hydroxylation sites is 1. The Kier molecular flexibility index (Phi) is 9.04.